The summed E-state index contributed by atoms with van der Waals surface area (Å²) < 4.78 is 14.6. The van der Waals surface area contributed by atoms with Crippen molar-refractivity contribution in [2.24, 2.45) is 17.6 Å². The standard InChI is InChI=1S/C13H18FN5/c1-9-4-5-18(7-10(9)6-15)13-16-12-3-2-11(14)8-19(12)17-13/h2-3,8-10H,4-7,15H2,1H3. The molecule has 0 spiro atoms. The van der Waals surface area contributed by atoms with Gasteiger partial charge in [0.15, 0.2) is 5.65 Å². The van der Waals surface area contributed by atoms with Crippen molar-refractivity contribution in [3.05, 3.63) is 24.1 Å². The average molecular weight is 263 g/mol. The second-order valence-corrected chi connectivity index (χ2v) is 5.27. The minimum Gasteiger partial charge on any atom is -0.339 e. The Balaban J connectivity index is 1.87. The highest BCUT2D eigenvalue weighted by molar-refractivity contribution is 5.44. The summed E-state index contributed by atoms with van der Waals surface area (Å²) in [6.07, 6.45) is 2.44. The van der Waals surface area contributed by atoms with Crippen LogP contribution in [0.4, 0.5) is 10.3 Å². The van der Waals surface area contributed by atoms with Gasteiger partial charge in [-0.2, -0.15) is 4.98 Å². The van der Waals surface area contributed by atoms with E-state index >= 15 is 0 Å². The molecule has 0 aliphatic carbocycles. The first-order chi connectivity index (χ1) is 9.17. The van der Waals surface area contributed by atoms with Crippen LogP contribution in [0, 0.1) is 17.7 Å². The van der Waals surface area contributed by atoms with Crippen molar-refractivity contribution in [3.8, 4) is 0 Å². The van der Waals surface area contributed by atoms with Crippen LogP contribution in [0.25, 0.3) is 5.65 Å². The Morgan fingerprint density at radius 2 is 2.32 bits per heavy atom. The number of hydrogen-bond acceptors (Lipinski definition) is 4. The topological polar surface area (TPSA) is 59.5 Å². The highest BCUT2D eigenvalue weighted by Gasteiger charge is 2.27. The Labute approximate surface area is 111 Å². The summed E-state index contributed by atoms with van der Waals surface area (Å²) in [6.45, 7) is 4.72. The minimum atomic E-state index is -0.309. The summed E-state index contributed by atoms with van der Waals surface area (Å²) in [5, 5.41) is 4.34. The Kier molecular flexibility index (Phi) is 3.10. The summed E-state index contributed by atoms with van der Waals surface area (Å²) in [4.78, 5) is 6.58. The molecule has 1 fully saturated rings. The van der Waals surface area contributed by atoms with Crippen LogP contribution in [-0.2, 0) is 0 Å². The smallest absolute Gasteiger partial charge is 0.245 e. The molecule has 6 heteroatoms. The first-order valence-corrected chi connectivity index (χ1v) is 6.64. The molecule has 3 heterocycles. The molecule has 5 nitrogen and oxygen atoms in total. The van der Waals surface area contributed by atoms with E-state index < -0.39 is 0 Å². The van der Waals surface area contributed by atoms with Crippen LogP contribution < -0.4 is 10.6 Å². The molecule has 1 aliphatic heterocycles. The van der Waals surface area contributed by atoms with E-state index in [9.17, 15) is 4.39 Å². The molecule has 102 valence electrons. The zero-order valence-electron chi connectivity index (χ0n) is 11.0. The maximum Gasteiger partial charge on any atom is 0.245 e. The first-order valence-electron chi connectivity index (χ1n) is 6.64. The molecule has 2 N–H and O–H groups in total. The normalized spacial score (nSPS) is 24.1. The predicted octanol–water partition coefficient (Wildman–Crippen LogP) is 1.29. The number of hydrogen-bond donors (Lipinski definition) is 1. The van der Waals surface area contributed by atoms with Gasteiger partial charge >= 0.3 is 0 Å². The number of rotatable bonds is 2. The summed E-state index contributed by atoms with van der Waals surface area (Å²) >= 11 is 0. The van der Waals surface area contributed by atoms with Gasteiger partial charge in [-0.3, -0.25) is 0 Å². The average Bonchev–Trinajstić information content (AvgIpc) is 2.82. The number of nitrogens with two attached hydrogens (primary N) is 1. The van der Waals surface area contributed by atoms with Gasteiger partial charge in [-0.05, 0) is 36.9 Å². The van der Waals surface area contributed by atoms with Gasteiger partial charge in [0.2, 0.25) is 5.95 Å². The zero-order chi connectivity index (χ0) is 13.4. The third-order valence-electron chi connectivity index (χ3n) is 3.98. The lowest BCUT2D eigenvalue weighted by atomic mass is 9.87. The molecule has 19 heavy (non-hydrogen) atoms. The van der Waals surface area contributed by atoms with E-state index in [0.29, 0.717) is 30.0 Å². The predicted molar refractivity (Wildman–Crippen MR) is 71.5 cm³/mol. The van der Waals surface area contributed by atoms with Gasteiger partial charge in [-0.15, -0.1) is 5.10 Å². The minimum absolute atomic E-state index is 0.309. The molecule has 0 radical (unpaired) electrons. The third kappa shape index (κ3) is 2.28. The van der Waals surface area contributed by atoms with Gasteiger partial charge in [-0.1, -0.05) is 6.92 Å². The highest BCUT2D eigenvalue weighted by Crippen LogP contribution is 2.25. The Bertz CT molecular complexity index is 581. The van der Waals surface area contributed by atoms with Gasteiger partial charge in [-0.25, -0.2) is 8.91 Å². The maximum absolute atomic E-state index is 13.1. The van der Waals surface area contributed by atoms with Gasteiger partial charge < -0.3 is 10.6 Å². The Morgan fingerprint density at radius 1 is 1.47 bits per heavy atom. The zero-order valence-corrected chi connectivity index (χ0v) is 11.0. The number of aromatic nitrogens is 3. The number of pyridine rings is 1. The van der Waals surface area contributed by atoms with E-state index in [2.05, 4.69) is 21.9 Å². The first kappa shape index (κ1) is 12.3. The second kappa shape index (κ2) is 4.77. The van der Waals surface area contributed by atoms with Crippen molar-refractivity contribution in [2.45, 2.75) is 13.3 Å². The second-order valence-electron chi connectivity index (χ2n) is 5.27. The van der Waals surface area contributed by atoms with E-state index in [-0.39, 0.29) is 5.82 Å². The van der Waals surface area contributed by atoms with E-state index in [1.807, 2.05) is 0 Å². The molecular formula is C13H18FN5. The molecule has 0 bridgehead atoms. The fourth-order valence-corrected chi connectivity index (χ4v) is 2.62. The SMILES string of the molecule is CC1CCN(c2nc3ccc(F)cn3n2)CC1CN. The third-order valence-corrected chi connectivity index (χ3v) is 3.98. The molecule has 0 aromatic carbocycles. The lowest BCUT2D eigenvalue weighted by Gasteiger charge is -2.35. The van der Waals surface area contributed by atoms with E-state index in [1.54, 1.807) is 6.07 Å². The monoisotopic (exact) mass is 263 g/mol. The van der Waals surface area contributed by atoms with Gasteiger partial charge in [0, 0.05) is 13.1 Å². The van der Waals surface area contributed by atoms with E-state index in [4.69, 9.17) is 5.73 Å². The van der Waals surface area contributed by atoms with Crippen molar-refractivity contribution < 1.29 is 4.39 Å². The molecule has 2 atom stereocenters. The number of halogens is 1. The van der Waals surface area contributed by atoms with Crippen LogP contribution in [0.2, 0.25) is 0 Å². The quantitative estimate of drug-likeness (QED) is 0.887. The fraction of sp³-hybridized carbons (Fsp3) is 0.538. The highest BCUT2D eigenvalue weighted by atomic mass is 19.1. The summed E-state index contributed by atoms with van der Waals surface area (Å²) in [7, 11) is 0. The maximum atomic E-state index is 13.1. The van der Waals surface area contributed by atoms with Crippen molar-refractivity contribution in [3.63, 3.8) is 0 Å². The van der Waals surface area contributed by atoms with Crippen molar-refractivity contribution in [1.29, 1.82) is 0 Å². The van der Waals surface area contributed by atoms with Crippen LogP contribution in [0.15, 0.2) is 18.3 Å². The molecule has 3 rings (SSSR count). The Morgan fingerprint density at radius 3 is 3.11 bits per heavy atom. The molecule has 1 saturated heterocycles. The number of piperidine rings is 1. The van der Waals surface area contributed by atoms with Gasteiger partial charge in [0.25, 0.3) is 0 Å². The van der Waals surface area contributed by atoms with Crippen LogP contribution >= 0.6 is 0 Å². The number of nitrogens with zero attached hydrogens (tertiary/aromatic N) is 4. The lowest BCUT2D eigenvalue weighted by Crippen LogP contribution is -2.43. The lowest BCUT2D eigenvalue weighted by molar-refractivity contribution is 0.306. The van der Waals surface area contributed by atoms with Gasteiger partial charge in [0.1, 0.15) is 5.82 Å². The van der Waals surface area contributed by atoms with E-state index in [0.717, 1.165) is 19.5 Å². The summed E-state index contributed by atoms with van der Waals surface area (Å²) in [5.74, 6) is 1.46. The van der Waals surface area contributed by atoms with Crippen molar-refractivity contribution in [1.82, 2.24) is 14.6 Å². The molecule has 2 unspecified atom stereocenters. The van der Waals surface area contributed by atoms with Crippen molar-refractivity contribution in [2.75, 3.05) is 24.5 Å². The number of fused-ring (bicyclic) bond motifs is 1. The molecule has 1 aliphatic rings. The Hall–Kier alpha value is -1.69. The van der Waals surface area contributed by atoms with Gasteiger partial charge in [0.05, 0.1) is 6.20 Å². The molecule has 2 aromatic heterocycles. The molecule has 0 amide bonds. The van der Waals surface area contributed by atoms with Crippen LogP contribution in [0.1, 0.15) is 13.3 Å². The molecule has 2 aromatic rings. The van der Waals surface area contributed by atoms with Crippen LogP contribution in [0.5, 0.6) is 0 Å². The number of anilines is 1. The largest absolute Gasteiger partial charge is 0.339 e. The summed E-state index contributed by atoms with van der Waals surface area (Å²) in [5.41, 5.74) is 6.47. The fourth-order valence-electron chi connectivity index (χ4n) is 2.62. The van der Waals surface area contributed by atoms with Crippen molar-refractivity contribution >= 4 is 11.6 Å². The molecular weight excluding hydrogens is 245 g/mol. The van der Waals surface area contributed by atoms with E-state index in [1.165, 1.54) is 16.8 Å². The molecule has 0 saturated carbocycles. The van der Waals surface area contributed by atoms with Crippen LogP contribution in [-0.4, -0.2) is 34.2 Å². The summed E-state index contributed by atoms with van der Waals surface area (Å²) in [6, 6.07) is 3.04. The van der Waals surface area contributed by atoms with Crippen LogP contribution in [0.3, 0.4) is 0 Å².